The summed E-state index contributed by atoms with van der Waals surface area (Å²) in [6, 6.07) is 2.91. The lowest BCUT2D eigenvalue weighted by Crippen LogP contribution is -2.47. The van der Waals surface area contributed by atoms with Crippen molar-refractivity contribution < 1.29 is 18.8 Å². The van der Waals surface area contributed by atoms with E-state index in [1.807, 2.05) is 4.90 Å². The fourth-order valence-corrected chi connectivity index (χ4v) is 2.55. The predicted molar refractivity (Wildman–Crippen MR) is 82.3 cm³/mol. The van der Waals surface area contributed by atoms with Gasteiger partial charge < -0.3 is 15.1 Å². The number of carbonyl (C=O) groups excluding carboxylic acids is 3. The Bertz CT molecular complexity index is 536. The van der Waals surface area contributed by atoms with Crippen molar-refractivity contribution in [1.29, 1.82) is 0 Å². The molecule has 1 aromatic heterocycles. The highest BCUT2D eigenvalue weighted by molar-refractivity contribution is 5.95. The van der Waals surface area contributed by atoms with E-state index in [-0.39, 0.29) is 30.8 Å². The molecule has 0 saturated carbocycles. The SMILES string of the molecule is CNC(=O)C1CCN(CC(=O)NC(=O)NCc2ccco2)CC1. The van der Waals surface area contributed by atoms with Gasteiger partial charge in [0.15, 0.2) is 0 Å². The first-order valence-corrected chi connectivity index (χ1v) is 7.62. The largest absolute Gasteiger partial charge is 0.467 e. The maximum absolute atomic E-state index is 11.8. The Kier molecular flexibility index (Phi) is 6.16. The van der Waals surface area contributed by atoms with Crippen LogP contribution in [0.4, 0.5) is 4.79 Å². The van der Waals surface area contributed by atoms with Gasteiger partial charge in [0.1, 0.15) is 5.76 Å². The molecule has 2 rings (SSSR count). The third kappa shape index (κ3) is 5.41. The van der Waals surface area contributed by atoms with Crippen molar-refractivity contribution in [2.45, 2.75) is 19.4 Å². The quantitative estimate of drug-likeness (QED) is 0.711. The van der Waals surface area contributed by atoms with Crippen LogP contribution in [0.1, 0.15) is 18.6 Å². The van der Waals surface area contributed by atoms with Crippen LogP contribution >= 0.6 is 0 Å². The van der Waals surface area contributed by atoms with Crippen LogP contribution in [-0.4, -0.2) is 49.4 Å². The highest BCUT2D eigenvalue weighted by Crippen LogP contribution is 2.16. The molecule has 0 spiro atoms. The molecule has 0 bridgehead atoms. The molecule has 4 amide bonds. The highest BCUT2D eigenvalue weighted by Gasteiger charge is 2.25. The number of carbonyl (C=O) groups is 3. The maximum Gasteiger partial charge on any atom is 0.321 e. The van der Waals surface area contributed by atoms with Crippen LogP contribution in [0, 0.1) is 5.92 Å². The number of piperidine rings is 1. The zero-order valence-electron chi connectivity index (χ0n) is 13.1. The molecule has 0 atom stereocenters. The first kappa shape index (κ1) is 17.0. The molecule has 8 heteroatoms. The van der Waals surface area contributed by atoms with Crippen LogP contribution in [0.3, 0.4) is 0 Å². The number of urea groups is 1. The maximum atomic E-state index is 11.8. The molecule has 2 heterocycles. The monoisotopic (exact) mass is 322 g/mol. The average molecular weight is 322 g/mol. The Morgan fingerprint density at radius 2 is 2.04 bits per heavy atom. The standard InChI is InChI=1S/C15H22N4O4/c1-16-14(21)11-4-6-19(7-5-11)10-13(20)18-15(22)17-9-12-3-2-8-23-12/h2-3,8,11H,4-7,9-10H2,1H3,(H,16,21)(H2,17,18,20,22). The van der Waals surface area contributed by atoms with Gasteiger partial charge in [-0.2, -0.15) is 0 Å². The van der Waals surface area contributed by atoms with Gasteiger partial charge in [-0.1, -0.05) is 0 Å². The molecule has 1 fully saturated rings. The van der Waals surface area contributed by atoms with E-state index in [9.17, 15) is 14.4 Å². The normalized spacial score (nSPS) is 15.9. The summed E-state index contributed by atoms with van der Waals surface area (Å²) in [7, 11) is 1.63. The Balaban J connectivity index is 1.65. The molecule has 0 unspecified atom stereocenters. The van der Waals surface area contributed by atoms with Crippen LogP contribution in [-0.2, 0) is 16.1 Å². The Morgan fingerprint density at radius 1 is 1.30 bits per heavy atom. The van der Waals surface area contributed by atoms with Crippen LogP contribution in [0.2, 0.25) is 0 Å². The highest BCUT2D eigenvalue weighted by atomic mass is 16.3. The van der Waals surface area contributed by atoms with Gasteiger partial charge >= 0.3 is 6.03 Å². The minimum Gasteiger partial charge on any atom is -0.467 e. The lowest BCUT2D eigenvalue weighted by molar-refractivity contribution is -0.126. The zero-order chi connectivity index (χ0) is 16.7. The van der Waals surface area contributed by atoms with Gasteiger partial charge in [-0.05, 0) is 38.1 Å². The molecule has 1 aliphatic rings. The second-order valence-corrected chi connectivity index (χ2v) is 5.47. The molecular formula is C15H22N4O4. The summed E-state index contributed by atoms with van der Waals surface area (Å²) in [6.07, 6.45) is 2.96. The van der Waals surface area contributed by atoms with E-state index < -0.39 is 6.03 Å². The summed E-state index contributed by atoms with van der Waals surface area (Å²) in [5.74, 6) is 0.312. The molecule has 0 radical (unpaired) electrons. The van der Waals surface area contributed by atoms with Gasteiger partial charge in [0.25, 0.3) is 0 Å². The molecule has 1 aromatic rings. The number of nitrogens with zero attached hydrogens (tertiary/aromatic N) is 1. The van der Waals surface area contributed by atoms with Crippen molar-refractivity contribution in [2.75, 3.05) is 26.7 Å². The molecule has 126 valence electrons. The minimum atomic E-state index is -0.549. The zero-order valence-corrected chi connectivity index (χ0v) is 13.1. The van der Waals surface area contributed by atoms with E-state index in [4.69, 9.17) is 4.42 Å². The van der Waals surface area contributed by atoms with E-state index >= 15 is 0 Å². The number of hydrogen-bond acceptors (Lipinski definition) is 5. The fourth-order valence-electron chi connectivity index (χ4n) is 2.55. The van der Waals surface area contributed by atoms with Crippen molar-refractivity contribution in [3.8, 4) is 0 Å². The molecule has 1 saturated heterocycles. The van der Waals surface area contributed by atoms with E-state index in [0.29, 0.717) is 18.8 Å². The van der Waals surface area contributed by atoms with Crippen LogP contribution in [0.15, 0.2) is 22.8 Å². The van der Waals surface area contributed by atoms with Crippen LogP contribution in [0.5, 0.6) is 0 Å². The Morgan fingerprint density at radius 3 is 2.65 bits per heavy atom. The molecule has 23 heavy (non-hydrogen) atoms. The molecule has 1 aliphatic heterocycles. The number of hydrogen-bond donors (Lipinski definition) is 3. The number of furan rings is 1. The molecular weight excluding hydrogens is 300 g/mol. The second kappa shape index (κ2) is 8.33. The van der Waals surface area contributed by atoms with Gasteiger partial charge in [-0.25, -0.2) is 4.79 Å². The van der Waals surface area contributed by atoms with Crippen molar-refractivity contribution in [3.63, 3.8) is 0 Å². The van der Waals surface area contributed by atoms with Gasteiger partial charge in [-0.15, -0.1) is 0 Å². The van der Waals surface area contributed by atoms with Gasteiger partial charge in [0.2, 0.25) is 11.8 Å². The van der Waals surface area contributed by atoms with E-state index in [1.165, 1.54) is 6.26 Å². The first-order valence-electron chi connectivity index (χ1n) is 7.62. The lowest BCUT2D eigenvalue weighted by Gasteiger charge is -2.30. The topological polar surface area (TPSA) is 104 Å². The summed E-state index contributed by atoms with van der Waals surface area (Å²) >= 11 is 0. The van der Waals surface area contributed by atoms with Crippen molar-refractivity contribution in [2.24, 2.45) is 5.92 Å². The lowest BCUT2D eigenvalue weighted by atomic mass is 9.96. The number of imide groups is 1. The Labute approximate surface area is 134 Å². The Hall–Kier alpha value is -2.35. The third-order valence-corrected chi connectivity index (χ3v) is 3.83. The molecule has 3 N–H and O–H groups in total. The van der Waals surface area contributed by atoms with Crippen LogP contribution < -0.4 is 16.0 Å². The number of rotatable bonds is 5. The second-order valence-electron chi connectivity index (χ2n) is 5.47. The fraction of sp³-hybridized carbons (Fsp3) is 0.533. The number of likely N-dealkylation sites (tertiary alicyclic amines) is 1. The number of amides is 4. The smallest absolute Gasteiger partial charge is 0.321 e. The summed E-state index contributed by atoms with van der Waals surface area (Å²) < 4.78 is 5.08. The van der Waals surface area contributed by atoms with E-state index in [0.717, 1.165) is 12.8 Å². The van der Waals surface area contributed by atoms with Gasteiger partial charge in [-0.3, -0.25) is 19.8 Å². The van der Waals surface area contributed by atoms with Crippen molar-refractivity contribution in [1.82, 2.24) is 20.9 Å². The van der Waals surface area contributed by atoms with Gasteiger partial charge in [0, 0.05) is 13.0 Å². The summed E-state index contributed by atoms with van der Waals surface area (Å²) in [5.41, 5.74) is 0. The van der Waals surface area contributed by atoms with E-state index in [1.54, 1.807) is 19.2 Å². The molecule has 0 aliphatic carbocycles. The van der Waals surface area contributed by atoms with Gasteiger partial charge in [0.05, 0.1) is 19.4 Å². The average Bonchev–Trinajstić information content (AvgIpc) is 3.06. The van der Waals surface area contributed by atoms with Crippen LogP contribution in [0.25, 0.3) is 0 Å². The van der Waals surface area contributed by atoms with E-state index in [2.05, 4.69) is 16.0 Å². The third-order valence-electron chi connectivity index (χ3n) is 3.83. The summed E-state index contributed by atoms with van der Waals surface area (Å²) in [5, 5.41) is 7.47. The molecule has 8 nitrogen and oxygen atoms in total. The van der Waals surface area contributed by atoms with Crippen molar-refractivity contribution >= 4 is 17.8 Å². The first-order chi connectivity index (χ1) is 11.1. The molecule has 0 aromatic carbocycles. The predicted octanol–water partition coefficient (Wildman–Crippen LogP) is 0.0634. The summed E-state index contributed by atoms with van der Waals surface area (Å²) in [4.78, 5) is 36.9. The number of nitrogens with one attached hydrogen (secondary N) is 3. The minimum absolute atomic E-state index is 0.0101. The van der Waals surface area contributed by atoms with Crippen molar-refractivity contribution in [3.05, 3.63) is 24.2 Å². The summed E-state index contributed by atoms with van der Waals surface area (Å²) in [6.45, 7) is 1.71.